The molecule has 1 heterocycles. The molecule has 0 atom stereocenters. The summed E-state index contributed by atoms with van der Waals surface area (Å²) in [6.45, 7) is 0. The number of phenols is 1. The average Bonchev–Trinajstić information content (AvgIpc) is 3.20. The first kappa shape index (κ1) is 19.4. The molecule has 2 N–H and O–H groups in total. The Balaban J connectivity index is 1.76. The summed E-state index contributed by atoms with van der Waals surface area (Å²) >= 11 is 0. The number of nitrogens with one attached hydrogen (secondary N) is 1. The normalized spacial score (nSPS) is 10.8. The minimum Gasteiger partial charge on any atom is -0.508 e. The van der Waals surface area contributed by atoms with Gasteiger partial charge < -0.3 is 24.3 Å². The highest BCUT2D eigenvalue weighted by atomic mass is 16.5. The molecule has 0 saturated carbocycles. The highest BCUT2D eigenvalue weighted by Crippen LogP contribution is 2.39. The highest BCUT2D eigenvalue weighted by molar-refractivity contribution is 6.17. The maximum Gasteiger partial charge on any atom is 0.203 e. The summed E-state index contributed by atoms with van der Waals surface area (Å²) in [4.78, 5) is 16.4. The minimum absolute atomic E-state index is 0.161. The molecule has 0 aliphatic heterocycles. The number of phenolic OH excluding ortho intramolecular Hbond substituents is 1. The number of H-pyrrole nitrogens is 1. The van der Waals surface area contributed by atoms with Gasteiger partial charge in [0.1, 0.15) is 5.75 Å². The van der Waals surface area contributed by atoms with Crippen LogP contribution in [0.1, 0.15) is 15.9 Å². The van der Waals surface area contributed by atoms with Gasteiger partial charge in [-0.1, -0.05) is 24.3 Å². The average molecular weight is 403 g/mol. The third kappa shape index (κ3) is 3.33. The van der Waals surface area contributed by atoms with Crippen molar-refractivity contribution in [2.24, 2.45) is 0 Å². The molecule has 0 radical (unpaired) electrons. The zero-order chi connectivity index (χ0) is 21.3. The third-order valence-electron chi connectivity index (χ3n) is 5.03. The molecular formula is C24H21NO5. The number of aromatic nitrogens is 1. The van der Waals surface area contributed by atoms with E-state index in [2.05, 4.69) is 4.98 Å². The maximum absolute atomic E-state index is 13.3. The Morgan fingerprint density at radius 1 is 0.867 bits per heavy atom. The molecule has 3 aromatic carbocycles. The lowest BCUT2D eigenvalue weighted by molar-refractivity contribution is 0.103. The van der Waals surface area contributed by atoms with Crippen molar-refractivity contribution in [3.8, 4) is 34.1 Å². The first-order valence-electron chi connectivity index (χ1n) is 9.31. The second-order valence-corrected chi connectivity index (χ2v) is 6.76. The summed E-state index contributed by atoms with van der Waals surface area (Å²) in [5.74, 6) is 1.33. The first-order chi connectivity index (χ1) is 14.5. The van der Waals surface area contributed by atoms with Crippen LogP contribution in [0.25, 0.3) is 22.0 Å². The van der Waals surface area contributed by atoms with Crippen LogP contribution in [0.15, 0.2) is 60.8 Å². The molecule has 0 fully saturated rings. The number of aromatic amines is 1. The van der Waals surface area contributed by atoms with Gasteiger partial charge in [0.25, 0.3) is 0 Å². The molecule has 0 spiro atoms. The van der Waals surface area contributed by atoms with E-state index in [0.717, 1.165) is 22.0 Å². The number of rotatable bonds is 6. The van der Waals surface area contributed by atoms with Crippen molar-refractivity contribution in [3.05, 3.63) is 71.9 Å². The smallest absolute Gasteiger partial charge is 0.203 e. The molecule has 6 nitrogen and oxygen atoms in total. The second kappa shape index (κ2) is 7.83. The van der Waals surface area contributed by atoms with Gasteiger partial charge in [-0.3, -0.25) is 4.79 Å². The zero-order valence-electron chi connectivity index (χ0n) is 16.9. The number of methoxy groups -OCH3 is 3. The van der Waals surface area contributed by atoms with Gasteiger partial charge in [-0.2, -0.15) is 0 Å². The van der Waals surface area contributed by atoms with Crippen molar-refractivity contribution in [2.45, 2.75) is 0 Å². The molecule has 0 aliphatic rings. The van der Waals surface area contributed by atoms with Gasteiger partial charge in [-0.15, -0.1) is 0 Å². The van der Waals surface area contributed by atoms with Crippen LogP contribution in [0.4, 0.5) is 0 Å². The molecule has 30 heavy (non-hydrogen) atoms. The zero-order valence-corrected chi connectivity index (χ0v) is 16.9. The molecule has 0 saturated heterocycles. The van der Waals surface area contributed by atoms with Crippen LogP contribution >= 0.6 is 0 Å². The Labute approximate surface area is 173 Å². The van der Waals surface area contributed by atoms with E-state index >= 15 is 0 Å². The number of carbonyl (C=O) groups excluding carboxylic acids is 1. The Hall–Kier alpha value is -3.93. The van der Waals surface area contributed by atoms with Gasteiger partial charge in [-0.25, -0.2) is 0 Å². The quantitative estimate of drug-likeness (QED) is 0.452. The molecule has 0 bridgehead atoms. The van der Waals surface area contributed by atoms with Crippen molar-refractivity contribution in [3.63, 3.8) is 0 Å². The molecule has 1 aromatic heterocycles. The van der Waals surface area contributed by atoms with Crippen LogP contribution in [0.2, 0.25) is 0 Å². The fourth-order valence-electron chi connectivity index (χ4n) is 3.55. The van der Waals surface area contributed by atoms with Gasteiger partial charge in [0.15, 0.2) is 17.3 Å². The van der Waals surface area contributed by atoms with E-state index in [0.29, 0.717) is 28.4 Å². The number of ether oxygens (including phenoxy) is 3. The summed E-state index contributed by atoms with van der Waals surface area (Å²) in [5.41, 5.74) is 3.63. The molecule has 0 unspecified atom stereocenters. The fourth-order valence-corrected chi connectivity index (χ4v) is 3.55. The minimum atomic E-state index is -0.161. The Morgan fingerprint density at radius 3 is 2.20 bits per heavy atom. The van der Waals surface area contributed by atoms with Gasteiger partial charge >= 0.3 is 0 Å². The van der Waals surface area contributed by atoms with E-state index in [1.165, 1.54) is 21.3 Å². The van der Waals surface area contributed by atoms with Gasteiger partial charge in [0.2, 0.25) is 5.75 Å². The topological polar surface area (TPSA) is 80.8 Å². The van der Waals surface area contributed by atoms with E-state index in [-0.39, 0.29) is 11.5 Å². The van der Waals surface area contributed by atoms with Crippen molar-refractivity contribution in [2.75, 3.05) is 21.3 Å². The van der Waals surface area contributed by atoms with Crippen molar-refractivity contribution < 1.29 is 24.1 Å². The molecular weight excluding hydrogens is 382 g/mol. The second-order valence-electron chi connectivity index (χ2n) is 6.76. The maximum atomic E-state index is 13.3. The predicted molar refractivity (Wildman–Crippen MR) is 115 cm³/mol. The molecule has 6 heteroatoms. The van der Waals surface area contributed by atoms with Crippen molar-refractivity contribution in [1.29, 1.82) is 0 Å². The Morgan fingerprint density at radius 2 is 1.57 bits per heavy atom. The molecule has 4 rings (SSSR count). The first-order valence-corrected chi connectivity index (χ1v) is 9.31. The predicted octanol–water partition coefficient (Wildman–Crippen LogP) is 4.80. The summed E-state index contributed by atoms with van der Waals surface area (Å²) in [6.07, 6.45) is 1.70. The van der Waals surface area contributed by atoms with Crippen LogP contribution in [0.5, 0.6) is 23.0 Å². The van der Waals surface area contributed by atoms with E-state index in [1.54, 1.807) is 36.5 Å². The van der Waals surface area contributed by atoms with Crippen LogP contribution in [-0.2, 0) is 0 Å². The molecule has 0 aliphatic carbocycles. The van der Waals surface area contributed by atoms with Crippen molar-refractivity contribution >= 4 is 16.7 Å². The summed E-state index contributed by atoms with van der Waals surface area (Å²) in [7, 11) is 4.55. The summed E-state index contributed by atoms with van der Waals surface area (Å²) in [6, 6.07) is 16.1. The number of ketones is 1. The number of carbonyl (C=O) groups is 1. The Bertz CT molecular complexity index is 1220. The van der Waals surface area contributed by atoms with Crippen LogP contribution in [-0.4, -0.2) is 37.2 Å². The molecule has 0 amide bonds. The lowest BCUT2D eigenvalue weighted by Crippen LogP contribution is -2.03. The lowest BCUT2D eigenvalue weighted by Gasteiger charge is -2.13. The monoisotopic (exact) mass is 403 g/mol. The number of hydrogen-bond donors (Lipinski definition) is 2. The van der Waals surface area contributed by atoms with Crippen LogP contribution in [0.3, 0.4) is 0 Å². The lowest BCUT2D eigenvalue weighted by atomic mass is 9.99. The largest absolute Gasteiger partial charge is 0.508 e. The van der Waals surface area contributed by atoms with Gasteiger partial charge in [0.05, 0.1) is 21.3 Å². The van der Waals surface area contributed by atoms with Gasteiger partial charge in [0, 0.05) is 28.2 Å². The molecule has 152 valence electrons. The SMILES string of the molecule is COc1cc(C(=O)c2c[nH]c3cc(-c4cccc(O)c4)ccc23)cc(OC)c1OC. The summed E-state index contributed by atoms with van der Waals surface area (Å²) < 4.78 is 16.1. The van der Waals surface area contributed by atoms with E-state index in [1.807, 2.05) is 24.3 Å². The standard InChI is InChI=1S/C24H21NO5/c1-28-21-11-16(12-22(29-2)24(21)30-3)23(27)19-13-25-20-10-15(7-8-18(19)20)14-5-4-6-17(26)9-14/h4-13,25-26H,1-3H3. The Kier molecular flexibility index (Phi) is 5.06. The highest BCUT2D eigenvalue weighted by Gasteiger charge is 2.20. The number of benzene rings is 3. The number of aromatic hydroxyl groups is 1. The number of fused-ring (bicyclic) bond motifs is 1. The summed E-state index contributed by atoms with van der Waals surface area (Å²) in [5, 5.41) is 10.5. The van der Waals surface area contributed by atoms with Crippen molar-refractivity contribution in [1.82, 2.24) is 4.98 Å². The van der Waals surface area contributed by atoms with Gasteiger partial charge in [-0.05, 0) is 41.5 Å². The van der Waals surface area contributed by atoms with E-state index in [4.69, 9.17) is 14.2 Å². The van der Waals surface area contributed by atoms with Crippen LogP contribution < -0.4 is 14.2 Å². The third-order valence-corrected chi connectivity index (χ3v) is 5.03. The fraction of sp³-hybridized carbons (Fsp3) is 0.125. The van der Waals surface area contributed by atoms with E-state index < -0.39 is 0 Å². The van der Waals surface area contributed by atoms with Crippen LogP contribution in [0, 0.1) is 0 Å². The molecule has 4 aromatic rings. The van der Waals surface area contributed by atoms with E-state index in [9.17, 15) is 9.90 Å². The number of hydrogen-bond acceptors (Lipinski definition) is 5.